The monoisotopic (exact) mass is 728 g/mol. The minimum Gasteiger partial charge on any atom is -0.458 e. The standard InChI is InChI=1S/C49H49N5O/c1-47(2,3)34-21-23-51-45(29-34)54-41-18-14-13-17-38(41)39-20-19-36(30-42(39)54)55-37-22-24-50-44(31-37)53-26-25-52(32-53)43-28-35(48(4,5)6)27-40(49(7,8)9)46(43)33-15-11-10-12-16-33/h10-31H,1-9H3/i10D,11D,12D,15D,16D. The van der Waals surface area contributed by atoms with Gasteiger partial charge in [0.2, 0.25) is 0 Å². The highest BCUT2D eigenvalue weighted by Gasteiger charge is 2.27. The van der Waals surface area contributed by atoms with Gasteiger partial charge in [-0.1, -0.05) is 117 Å². The highest BCUT2D eigenvalue weighted by Crippen LogP contribution is 2.40. The van der Waals surface area contributed by atoms with Gasteiger partial charge in [-0.15, -0.1) is 0 Å². The van der Waals surface area contributed by atoms with Gasteiger partial charge in [-0.05, 0) is 86.5 Å². The predicted octanol–water partition coefficient (Wildman–Crippen LogP) is 11.8. The van der Waals surface area contributed by atoms with Gasteiger partial charge in [0.1, 0.15) is 17.3 Å². The quantitative estimate of drug-likeness (QED) is 0.126. The van der Waals surface area contributed by atoms with Crippen LogP contribution in [0.25, 0.3) is 50.3 Å². The zero-order valence-corrected chi connectivity index (χ0v) is 33.0. The fourth-order valence-electron chi connectivity index (χ4n) is 7.06. The molecule has 6 nitrogen and oxygen atoms in total. The topological polar surface area (TPSA) is 48.8 Å². The Morgan fingerprint density at radius 3 is 2.09 bits per heavy atom. The van der Waals surface area contributed by atoms with Crippen LogP contribution in [0.15, 0.2) is 134 Å². The van der Waals surface area contributed by atoms with Crippen LogP contribution >= 0.6 is 0 Å². The molecule has 0 aliphatic carbocycles. The summed E-state index contributed by atoms with van der Waals surface area (Å²) >= 11 is 0. The molecule has 0 spiro atoms. The second-order valence-corrected chi connectivity index (χ2v) is 17.2. The summed E-state index contributed by atoms with van der Waals surface area (Å²) < 4.78 is 55.7. The van der Waals surface area contributed by atoms with E-state index in [-0.39, 0.29) is 40.6 Å². The highest BCUT2D eigenvalue weighted by molar-refractivity contribution is 6.09. The van der Waals surface area contributed by atoms with Crippen LogP contribution in [-0.2, 0) is 16.2 Å². The number of ether oxygens (including phenoxy) is 1. The Bertz CT molecular complexity index is 2950. The Morgan fingerprint density at radius 2 is 1.35 bits per heavy atom. The van der Waals surface area contributed by atoms with Gasteiger partial charge in [-0.25, -0.2) is 4.98 Å². The molecular weight excluding hydrogens is 675 g/mol. The molecule has 0 fully saturated rings. The average Bonchev–Trinajstić information content (AvgIpc) is 3.82. The third kappa shape index (κ3) is 6.93. The van der Waals surface area contributed by atoms with Crippen LogP contribution in [0.1, 0.15) is 85.9 Å². The zero-order chi connectivity index (χ0) is 43.1. The van der Waals surface area contributed by atoms with Gasteiger partial charge in [-0.2, -0.15) is 0 Å². The third-order valence-corrected chi connectivity index (χ3v) is 10.1. The predicted molar refractivity (Wildman–Crippen MR) is 224 cm³/mol. The molecule has 8 aromatic rings. The third-order valence-electron chi connectivity index (χ3n) is 10.1. The molecule has 0 atom stereocenters. The van der Waals surface area contributed by atoms with Crippen molar-refractivity contribution in [1.82, 2.24) is 19.1 Å². The summed E-state index contributed by atoms with van der Waals surface area (Å²) in [6, 6.07) is 24.8. The lowest BCUT2D eigenvalue weighted by atomic mass is 9.76. The van der Waals surface area contributed by atoms with Crippen molar-refractivity contribution in [3.63, 3.8) is 0 Å². The number of imidazole rings is 1. The summed E-state index contributed by atoms with van der Waals surface area (Å²) in [7, 11) is 0. The summed E-state index contributed by atoms with van der Waals surface area (Å²) in [6.07, 6.45) is 10.7. The van der Waals surface area contributed by atoms with Gasteiger partial charge in [0.05, 0.1) is 23.6 Å². The zero-order valence-electron chi connectivity index (χ0n) is 38.0. The van der Waals surface area contributed by atoms with Crippen molar-refractivity contribution in [2.75, 3.05) is 0 Å². The van der Waals surface area contributed by atoms with E-state index in [1.807, 2.05) is 59.6 Å². The summed E-state index contributed by atoms with van der Waals surface area (Å²) in [6.45, 7) is 19.2. The molecule has 0 amide bonds. The first-order chi connectivity index (χ1) is 28.2. The van der Waals surface area contributed by atoms with Gasteiger partial charge in [0, 0.05) is 47.7 Å². The molecule has 0 aliphatic heterocycles. The number of pyridine rings is 2. The summed E-state index contributed by atoms with van der Waals surface area (Å²) in [4.78, 5) is 9.49. The number of para-hydroxylation sites is 1. The van der Waals surface area contributed by atoms with E-state index < -0.39 is 11.5 Å². The molecule has 55 heavy (non-hydrogen) atoms. The van der Waals surface area contributed by atoms with Gasteiger partial charge in [-0.3, -0.25) is 18.7 Å². The smallest absolute Gasteiger partial charge is 0.270 e. The maximum Gasteiger partial charge on any atom is 0.270 e. The summed E-state index contributed by atoms with van der Waals surface area (Å²) in [5.74, 6) is 2.62. The van der Waals surface area contributed by atoms with E-state index in [4.69, 9.17) is 16.6 Å². The van der Waals surface area contributed by atoms with Gasteiger partial charge in [0.25, 0.3) is 6.33 Å². The van der Waals surface area contributed by atoms with E-state index in [0.29, 0.717) is 28.6 Å². The number of nitrogens with zero attached hydrogens (tertiary/aromatic N) is 5. The van der Waals surface area contributed by atoms with Crippen molar-refractivity contribution in [1.29, 1.82) is 0 Å². The molecule has 8 rings (SSSR count). The van der Waals surface area contributed by atoms with E-state index in [1.54, 1.807) is 10.8 Å². The number of rotatable bonds is 6. The van der Waals surface area contributed by atoms with Crippen molar-refractivity contribution in [2.45, 2.75) is 78.6 Å². The SMILES string of the molecule is [2H]c1c([2H])c([2H])c(-c2c(-[n+]3[c-]n(-c4cc(Oc5ccc6c7ccccc7n(-c7cc(C(C)(C)C)ccn7)c6c5)ccn4)cc3)cc(C(C)(C)C)cc2C(C)(C)C)c([2H])c1[2H]. The molecule has 0 unspecified atom stereocenters. The first kappa shape index (κ1) is 30.3. The second-order valence-electron chi connectivity index (χ2n) is 17.2. The number of hydrogen-bond donors (Lipinski definition) is 0. The molecule has 4 aromatic heterocycles. The summed E-state index contributed by atoms with van der Waals surface area (Å²) in [5.41, 5.74) is 5.73. The van der Waals surface area contributed by atoms with Crippen LogP contribution in [0.4, 0.5) is 0 Å². The van der Waals surface area contributed by atoms with E-state index >= 15 is 0 Å². The van der Waals surface area contributed by atoms with Crippen molar-refractivity contribution in [2.24, 2.45) is 0 Å². The van der Waals surface area contributed by atoms with Crippen LogP contribution in [0.2, 0.25) is 0 Å². The molecular formula is C49H49N5O. The fraction of sp³-hybridized carbons (Fsp3) is 0.245. The summed E-state index contributed by atoms with van der Waals surface area (Å²) in [5, 5.41) is 2.22. The Morgan fingerprint density at radius 1 is 0.655 bits per heavy atom. The Labute approximate surface area is 331 Å². The Kier molecular flexibility index (Phi) is 7.38. The van der Waals surface area contributed by atoms with Crippen LogP contribution < -0.4 is 9.30 Å². The maximum absolute atomic E-state index is 9.00. The average molecular weight is 729 g/mol. The number of benzene rings is 4. The minimum absolute atomic E-state index is 0.0430. The van der Waals surface area contributed by atoms with Crippen molar-refractivity contribution >= 4 is 21.8 Å². The number of fused-ring (bicyclic) bond motifs is 3. The Hall–Kier alpha value is -6.01. The molecule has 0 saturated heterocycles. The lowest BCUT2D eigenvalue weighted by Gasteiger charge is -2.30. The molecule has 276 valence electrons. The first-order valence-corrected chi connectivity index (χ1v) is 18.7. The van der Waals surface area contributed by atoms with Gasteiger partial charge in [0.15, 0.2) is 5.82 Å². The second kappa shape index (κ2) is 13.4. The van der Waals surface area contributed by atoms with Gasteiger partial charge < -0.3 is 4.74 Å². The minimum atomic E-state index is -0.449. The van der Waals surface area contributed by atoms with Crippen molar-refractivity contribution < 1.29 is 16.2 Å². The number of aromatic nitrogens is 5. The number of hydrogen-bond acceptors (Lipinski definition) is 3. The molecule has 0 bridgehead atoms. The van der Waals surface area contributed by atoms with E-state index in [9.17, 15) is 0 Å². The molecule has 6 heteroatoms. The molecule has 0 saturated carbocycles. The normalized spacial score (nSPS) is 13.7. The van der Waals surface area contributed by atoms with Crippen LogP contribution in [-0.4, -0.2) is 19.1 Å². The van der Waals surface area contributed by atoms with Gasteiger partial charge >= 0.3 is 0 Å². The highest BCUT2D eigenvalue weighted by atomic mass is 16.5. The first-order valence-electron chi connectivity index (χ1n) is 21.2. The molecule has 0 aliphatic rings. The van der Waals surface area contributed by atoms with E-state index in [1.165, 1.54) is 5.56 Å². The maximum atomic E-state index is 9.00. The van der Waals surface area contributed by atoms with Crippen LogP contribution in [0, 0.1) is 6.33 Å². The molecule has 0 radical (unpaired) electrons. The van der Waals surface area contributed by atoms with E-state index in [2.05, 4.69) is 121 Å². The van der Waals surface area contributed by atoms with Crippen LogP contribution in [0.3, 0.4) is 0 Å². The fourth-order valence-corrected chi connectivity index (χ4v) is 7.06. The lowest BCUT2D eigenvalue weighted by Crippen LogP contribution is -2.32. The molecule has 0 N–H and O–H groups in total. The Balaban J connectivity index is 1.22. The molecule has 4 heterocycles. The van der Waals surface area contributed by atoms with Crippen molar-refractivity contribution in [3.8, 4) is 39.9 Å². The molecule has 4 aromatic carbocycles. The van der Waals surface area contributed by atoms with Crippen molar-refractivity contribution in [3.05, 3.63) is 157 Å². The largest absolute Gasteiger partial charge is 0.458 e. The lowest BCUT2D eigenvalue weighted by molar-refractivity contribution is -0.598. The van der Waals surface area contributed by atoms with E-state index in [0.717, 1.165) is 38.8 Å². The van der Waals surface area contributed by atoms with Crippen LogP contribution in [0.5, 0.6) is 11.5 Å².